The summed E-state index contributed by atoms with van der Waals surface area (Å²) in [4.78, 5) is 20.7. The summed E-state index contributed by atoms with van der Waals surface area (Å²) in [5.74, 6) is -0.480. The van der Waals surface area contributed by atoms with Gasteiger partial charge in [0.05, 0.1) is 0 Å². The SMILES string of the molecule is CC(=O)[C@H]1C[C@@H]1CC(=O)O. The lowest BCUT2D eigenvalue weighted by Crippen LogP contribution is -2.00. The van der Waals surface area contributed by atoms with E-state index >= 15 is 0 Å². The van der Waals surface area contributed by atoms with Crippen LogP contribution >= 0.6 is 0 Å². The van der Waals surface area contributed by atoms with Crippen LogP contribution in [0, 0.1) is 11.8 Å². The Bertz CT molecular complexity index is 174. The highest BCUT2D eigenvalue weighted by Crippen LogP contribution is 2.41. The second kappa shape index (κ2) is 2.40. The van der Waals surface area contributed by atoms with Crippen molar-refractivity contribution < 1.29 is 14.7 Å². The van der Waals surface area contributed by atoms with Crippen LogP contribution in [-0.2, 0) is 9.59 Å². The Balaban J connectivity index is 2.26. The van der Waals surface area contributed by atoms with E-state index in [0.717, 1.165) is 6.42 Å². The van der Waals surface area contributed by atoms with Crippen LogP contribution in [-0.4, -0.2) is 16.9 Å². The maximum absolute atomic E-state index is 10.6. The number of hydrogen-bond acceptors (Lipinski definition) is 2. The van der Waals surface area contributed by atoms with Crippen molar-refractivity contribution >= 4 is 11.8 Å². The van der Waals surface area contributed by atoms with Gasteiger partial charge in [-0.25, -0.2) is 0 Å². The monoisotopic (exact) mass is 142 g/mol. The van der Waals surface area contributed by atoms with Crippen molar-refractivity contribution in [3.05, 3.63) is 0 Å². The quantitative estimate of drug-likeness (QED) is 0.630. The molecule has 1 saturated carbocycles. The van der Waals surface area contributed by atoms with E-state index in [9.17, 15) is 9.59 Å². The zero-order chi connectivity index (χ0) is 7.72. The maximum Gasteiger partial charge on any atom is 0.303 e. The number of aliphatic carboxylic acids is 1. The molecule has 1 aliphatic carbocycles. The Kier molecular flexibility index (Phi) is 1.74. The Hall–Kier alpha value is -0.860. The highest BCUT2D eigenvalue weighted by Gasteiger charge is 2.41. The molecule has 3 heteroatoms. The summed E-state index contributed by atoms with van der Waals surface area (Å²) in [7, 11) is 0. The molecule has 0 aromatic carbocycles. The standard InChI is InChI=1S/C7H10O3/c1-4(8)6-2-5(6)3-7(9)10/h5-6H,2-3H2,1H3,(H,9,10)/t5-,6-/m1/s1. The van der Waals surface area contributed by atoms with Crippen LogP contribution in [0.15, 0.2) is 0 Å². The minimum atomic E-state index is -0.797. The summed E-state index contributed by atoms with van der Waals surface area (Å²) in [6, 6.07) is 0. The van der Waals surface area contributed by atoms with E-state index in [4.69, 9.17) is 5.11 Å². The number of rotatable bonds is 3. The molecule has 1 fully saturated rings. The Labute approximate surface area is 59.0 Å². The van der Waals surface area contributed by atoms with Crippen molar-refractivity contribution in [3.63, 3.8) is 0 Å². The van der Waals surface area contributed by atoms with E-state index in [1.807, 2.05) is 0 Å². The molecule has 0 heterocycles. The fraction of sp³-hybridized carbons (Fsp3) is 0.714. The van der Waals surface area contributed by atoms with Crippen molar-refractivity contribution in [2.75, 3.05) is 0 Å². The molecule has 1 rings (SSSR count). The third-order valence-corrected chi connectivity index (χ3v) is 1.88. The van der Waals surface area contributed by atoms with E-state index in [1.54, 1.807) is 0 Å². The second-order valence-electron chi connectivity index (χ2n) is 2.81. The molecule has 2 atom stereocenters. The Morgan fingerprint density at radius 2 is 2.20 bits per heavy atom. The van der Waals surface area contributed by atoms with Gasteiger partial charge in [-0.2, -0.15) is 0 Å². The van der Waals surface area contributed by atoms with Gasteiger partial charge in [0, 0.05) is 12.3 Å². The predicted octanol–water partition coefficient (Wildman–Crippen LogP) is 0.686. The molecule has 0 bridgehead atoms. The van der Waals surface area contributed by atoms with Gasteiger partial charge in [-0.05, 0) is 19.3 Å². The van der Waals surface area contributed by atoms with Gasteiger partial charge in [0.1, 0.15) is 5.78 Å². The fourth-order valence-electron chi connectivity index (χ4n) is 1.20. The maximum atomic E-state index is 10.6. The molecular formula is C7H10O3. The first-order valence-corrected chi connectivity index (χ1v) is 3.33. The van der Waals surface area contributed by atoms with E-state index in [-0.39, 0.29) is 24.0 Å². The zero-order valence-corrected chi connectivity index (χ0v) is 5.83. The zero-order valence-electron chi connectivity index (χ0n) is 5.83. The van der Waals surface area contributed by atoms with Crippen LogP contribution in [0.4, 0.5) is 0 Å². The Morgan fingerprint density at radius 3 is 2.50 bits per heavy atom. The predicted molar refractivity (Wildman–Crippen MR) is 34.5 cm³/mol. The van der Waals surface area contributed by atoms with Gasteiger partial charge in [-0.3, -0.25) is 9.59 Å². The van der Waals surface area contributed by atoms with Gasteiger partial charge in [0.25, 0.3) is 0 Å². The second-order valence-corrected chi connectivity index (χ2v) is 2.81. The number of carbonyl (C=O) groups excluding carboxylic acids is 1. The summed E-state index contributed by atoms with van der Waals surface area (Å²) >= 11 is 0. The number of hydrogen-bond donors (Lipinski definition) is 1. The van der Waals surface area contributed by atoms with E-state index in [1.165, 1.54) is 6.92 Å². The molecule has 0 aromatic heterocycles. The van der Waals surface area contributed by atoms with Crippen LogP contribution < -0.4 is 0 Å². The molecule has 0 spiro atoms. The molecule has 0 aromatic rings. The molecule has 0 unspecified atom stereocenters. The van der Waals surface area contributed by atoms with E-state index < -0.39 is 5.97 Å². The third kappa shape index (κ3) is 1.56. The highest BCUT2D eigenvalue weighted by atomic mass is 16.4. The number of ketones is 1. The van der Waals surface area contributed by atoms with Crippen molar-refractivity contribution in [3.8, 4) is 0 Å². The van der Waals surface area contributed by atoms with Crippen LogP contribution in [0.3, 0.4) is 0 Å². The average Bonchev–Trinajstić information content (AvgIpc) is 2.43. The van der Waals surface area contributed by atoms with Gasteiger partial charge in [-0.15, -0.1) is 0 Å². The van der Waals surface area contributed by atoms with E-state index in [2.05, 4.69) is 0 Å². The summed E-state index contributed by atoms with van der Waals surface area (Å²) in [6.45, 7) is 1.52. The van der Waals surface area contributed by atoms with Gasteiger partial charge >= 0.3 is 5.97 Å². The Morgan fingerprint density at radius 1 is 1.60 bits per heavy atom. The summed E-state index contributed by atoms with van der Waals surface area (Å²) in [5, 5.41) is 8.31. The highest BCUT2D eigenvalue weighted by molar-refractivity contribution is 5.82. The molecule has 0 aliphatic heterocycles. The van der Waals surface area contributed by atoms with Crippen molar-refractivity contribution in [2.24, 2.45) is 11.8 Å². The first kappa shape index (κ1) is 7.25. The van der Waals surface area contributed by atoms with Crippen LogP contribution in [0.2, 0.25) is 0 Å². The summed E-state index contributed by atoms with van der Waals surface area (Å²) < 4.78 is 0. The van der Waals surface area contributed by atoms with Gasteiger partial charge in [0.2, 0.25) is 0 Å². The number of Topliss-reactive ketones (excluding diaryl/α,β-unsaturated/α-hetero) is 1. The van der Waals surface area contributed by atoms with Crippen LogP contribution in [0.5, 0.6) is 0 Å². The topological polar surface area (TPSA) is 54.4 Å². The van der Waals surface area contributed by atoms with Crippen molar-refractivity contribution in [1.82, 2.24) is 0 Å². The van der Waals surface area contributed by atoms with Gasteiger partial charge < -0.3 is 5.11 Å². The molecule has 10 heavy (non-hydrogen) atoms. The minimum Gasteiger partial charge on any atom is -0.481 e. The third-order valence-electron chi connectivity index (χ3n) is 1.88. The summed E-state index contributed by atoms with van der Waals surface area (Å²) in [6.07, 6.45) is 0.936. The lowest BCUT2D eigenvalue weighted by Gasteiger charge is -1.89. The first-order chi connectivity index (χ1) is 4.61. The molecular weight excluding hydrogens is 132 g/mol. The fourth-order valence-corrected chi connectivity index (χ4v) is 1.20. The number of carboxylic acid groups (broad SMARTS) is 1. The number of carbonyl (C=O) groups is 2. The minimum absolute atomic E-state index is 0.0519. The molecule has 1 aliphatic rings. The van der Waals surface area contributed by atoms with Crippen LogP contribution in [0.1, 0.15) is 19.8 Å². The lowest BCUT2D eigenvalue weighted by atomic mass is 10.2. The van der Waals surface area contributed by atoms with Gasteiger partial charge in [0.15, 0.2) is 0 Å². The molecule has 0 saturated heterocycles. The normalized spacial score (nSPS) is 29.7. The molecule has 0 amide bonds. The van der Waals surface area contributed by atoms with Crippen molar-refractivity contribution in [1.29, 1.82) is 0 Å². The largest absolute Gasteiger partial charge is 0.481 e. The van der Waals surface area contributed by atoms with Gasteiger partial charge in [-0.1, -0.05) is 0 Å². The van der Waals surface area contributed by atoms with Crippen LogP contribution in [0.25, 0.3) is 0 Å². The first-order valence-electron chi connectivity index (χ1n) is 3.33. The summed E-state index contributed by atoms with van der Waals surface area (Å²) in [5.41, 5.74) is 0. The van der Waals surface area contributed by atoms with Crippen molar-refractivity contribution in [2.45, 2.75) is 19.8 Å². The molecule has 3 nitrogen and oxygen atoms in total. The lowest BCUT2D eigenvalue weighted by molar-refractivity contribution is -0.137. The number of carboxylic acids is 1. The smallest absolute Gasteiger partial charge is 0.303 e. The van der Waals surface area contributed by atoms with E-state index in [0.29, 0.717) is 0 Å². The molecule has 0 radical (unpaired) electrons. The molecule has 1 N–H and O–H groups in total. The average molecular weight is 142 g/mol. The molecule has 56 valence electrons.